The first-order valence-corrected chi connectivity index (χ1v) is 14.5. The van der Waals surface area contributed by atoms with Gasteiger partial charge >= 0.3 is 0 Å². The topological polar surface area (TPSA) is 38.7 Å². The van der Waals surface area contributed by atoms with Gasteiger partial charge in [0.25, 0.3) is 0 Å². The summed E-state index contributed by atoms with van der Waals surface area (Å²) < 4.78 is 2.57. The first kappa shape index (κ1) is 22.6. The van der Waals surface area contributed by atoms with Gasteiger partial charge in [0.1, 0.15) is 0 Å². The maximum absolute atomic E-state index is 5.15. The lowest BCUT2D eigenvalue weighted by Crippen LogP contribution is -1.90. The van der Waals surface area contributed by atoms with Crippen LogP contribution in [0.4, 0.5) is 0 Å². The van der Waals surface area contributed by atoms with E-state index >= 15 is 0 Å². The second kappa shape index (κ2) is 8.65. The van der Waals surface area contributed by atoms with Crippen molar-refractivity contribution in [1.82, 2.24) is 15.0 Å². The zero-order valence-corrected chi connectivity index (χ0v) is 22.7. The van der Waals surface area contributed by atoms with Crippen molar-refractivity contribution >= 4 is 75.0 Å². The van der Waals surface area contributed by atoms with E-state index < -0.39 is 0 Å². The Morgan fingerprint density at radius 3 is 2.22 bits per heavy atom. The number of hydrogen-bond acceptors (Lipinski definition) is 4. The number of para-hydroxylation sites is 1. The number of rotatable bonds is 2. The number of pyridine rings is 3. The predicted molar refractivity (Wildman–Crippen MR) is 174 cm³/mol. The minimum Gasteiger partial charge on any atom is -0.254 e. The molecule has 0 fully saturated rings. The molecule has 4 heterocycles. The Balaban J connectivity index is 1.44. The summed E-state index contributed by atoms with van der Waals surface area (Å²) in [6.07, 6.45) is 3.70. The molecule has 4 aromatic heterocycles. The van der Waals surface area contributed by atoms with E-state index in [2.05, 4.69) is 108 Å². The number of aromatic nitrogens is 3. The van der Waals surface area contributed by atoms with E-state index in [1.807, 2.05) is 35.9 Å². The Labute approximate surface area is 239 Å². The normalized spacial score (nSPS) is 11.9. The number of hydrogen-bond donors (Lipinski definition) is 0. The van der Waals surface area contributed by atoms with Gasteiger partial charge in [0.2, 0.25) is 0 Å². The van der Waals surface area contributed by atoms with Crippen LogP contribution in [-0.4, -0.2) is 15.0 Å². The molecule has 0 saturated carbocycles. The highest BCUT2D eigenvalue weighted by Crippen LogP contribution is 2.47. The van der Waals surface area contributed by atoms with Crippen molar-refractivity contribution in [2.24, 2.45) is 0 Å². The van der Waals surface area contributed by atoms with Crippen LogP contribution in [0.2, 0.25) is 0 Å². The fraction of sp³-hybridized carbons (Fsp3) is 0. The van der Waals surface area contributed by atoms with Crippen LogP contribution < -0.4 is 0 Å². The third-order valence-electron chi connectivity index (χ3n) is 8.12. The van der Waals surface area contributed by atoms with Crippen LogP contribution >= 0.6 is 11.3 Å². The quantitative estimate of drug-likeness (QED) is 0.205. The van der Waals surface area contributed by atoms with Crippen molar-refractivity contribution < 1.29 is 0 Å². The average molecular weight is 540 g/mol. The molecule has 0 amide bonds. The van der Waals surface area contributed by atoms with Crippen LogP contribution in [0.15, 0.2) is 128 Å². The molecular weight excluding hydrogens is 518 g/mol. The molecule has 9 rings (SSSR count). The third-order valence-corrected chi connectivity index (χ3v) is 9.31. The molecular formula is C37H21N3S. The lowest BCUT2D eigenvalue weighted by atomic mass is 9.93. The summed E-state index contributed by atoms with van der Waals surface area (Å²) in [7, 11) is 0. The Morgan fingerprint density at radius 1 is 0.512 bits per heavy atom. The van der Waals surface area contributed by atoms with Gasteiger partial charge in [-0.1, -0.05) is 84.9 Å². The van der Waals surface area contributed by atoms with Gasteiger partial charge < -0.3 is 0 Å². The molecule has 3 nitrogen and oxygen atoms in total. The highest BCUT2D eigenvalue weighted by molar-refractivity contribution is 7.27. The number of benzene rings is 5. The highest BCUT2D eigenvalue weighted by Gasteiger charge is 2.19. The zero-order chi connectivity index (χ0) is 26.9. The summed E-state index contributed by atoms with van der Waals surface area (Å²) in [5.74, 6) is 0. The Bertz CT molecular complexity index is 2480. The summed E-state index contributed by atoms with van der Waals surface area (Å²) in [6.45, 7) is 0. The molecule has 4 heteroatoms. The number of nitrogens with zero attached hydrogens (tertiary/aromatic N) is 3. The Morgan fingerprint density at radius 2 is 1.29 bits per heavy atom. The number of thiophene rings is 1. The molecule has 0 aliphatic carbocycles. The molecule has 0 aliphatic rings. The van der Waals surface area contributed by atoms with Gasteiger partial charge in [-0.25, -0.2) is 4.98 Å². The Hall–Kier alpha value is -5.19. The lowest BCUT2D eigenvalue weighted by Gasteiger charge is -2.12. The molecule has 5 aromatic carbocycles. The molecule has 190 valence electrons. The van der Waals surface area contributed by atoms with Crippen LogP contribution in [0.3, 0.4) is 0 Å². The van der Waals surface area contributed by atoms with Crippen molar-refractivity contribution in [1.29, 1.82) is 0 Å². The van der Waals surface area contributed by atoms with Gasteiger partial charge in [0, 0.05) is 65.1 Å². The summed E-state index contributed by atoms with van der Waals surface area (Å²) in [4.78, 5) is 14.6. The van der Waals surface area contributed by atoms with Crippen LogP contribution in [0, 0.1) is 0 Å². The summed E-state index contributed by atoms with van der Waals surface area (Å²) in [5.41, 5.74) is 7.45. The second-order valence-corrected chi connectivity index (χ2v) is 11.4. The minimum absolute atomic E-state index is 0.937. The fourth-order valence-corrected chi connectivity index (χ4v) is 7.65. The average Bonchev–Trinajstić information content (AvgIpc) is 3.43. The van der Waals surface area contributed by atoms with Gasteiger partial charge in [-0.3, -0.25) is 9.97 Å². The smallest absolute Gasteiger partial charge is 0.0970 e. The van der Waals surface area contributed by atoms with Crippen molar-refractivity contribution in [2.45, 2.75) is 0 Å². The van der Waals surface area contributed by atoms with E-state index in [0.29, 0.717) is 0 Å². The molecule has 0 bridgehead atoms. The molecule has 41 heavy (non-hydrogen) atoms. The molecule has 0 atom stereocenters. The van der Waals surface area contributed by atoms with E-state index in [9.17, 15) is 0 Å². The molecule has 0 aliphatic heterocycles. The fourth-order valence-electron chi connectivity index (χ4n) is 6.36. The van der Waals surface area contributed by atoms with Crippen molar-refractivity contribution in [3.63, 3.8) is 0 Å². The van der Waals surface area contributed by atoms with Crippen molar-refractivity contribution in [3.05, 3.63) is 128 Å². The van der Waals surface area contributed by atoms with Gasteiger partial charge in [-0.05, 0) is 41.5 Å². The van der Waals surface area contributed by atoms with Gasteiger partial charge in [-0.2, -0.15) is 0 Å². The lowest BCUT2D eigenvalue weighted by molar-refractivity contribution is 1.37. The van der Waals surface area contributed by atoms with Crippen molar-refractivity contribution in [2.75, 3.05) is 0 Å². The largest absolute Gasteiger partial charge is 0.254 e. The zero-order valence-electron chi connectivity index (χ0n) is 21.9. The maximum Gasteiger partial charge on any atom is 0.0970 e. The summed E-state index contributed by atoms with van der Waals surface area (Å²) in [5, 5.41) is 8.41. The van der Waals surface area contributed by atoms with Gasteiger partial charge in [-0.15, -0.1) is 11.3 Å². The molecule has 0 radical (unpaired) electrons. The molecule has 0 unspecified atom stereocenters. The summed E-state index contributed by atoms with van der Waals surface area (Å²) in [6, 6.07) is 40.9. The Kier molecular flexibility index (Phi) is 4.77. The first-order valence-electron chi connectivity index (χ1n) is 13.7. The van der Waals surface area contributed by atoms with Crippen LogP contribution in [-0.2, 0) is 0 Å². The standard InChI is InChI=1S/C37H21N3S/c1-2-9-22(10-3-1)34-27-17-18-28-32-24(29-21-23-11-7-19-38-35(23)36-25(29)14-8-20-39-36)13-6-16-31(32)41-37(28)33(27)26-12-4-5-15-30(26)40-34/h1-21H. The van der Waals surface area contributed by atoms with E-state index in [1.165, 1.54) is 47.5 Å². The van der Waals surface area contributed by atoms with E-state index in [1.54, 1.807) is 0 Å². The van der Waals surface area contributed by atoms with Crippen LogP contribution in [0.25, 0.3) is 86.0 Å². The first-order chi connectivity index (χ1) is 20.3. The van der Waals surface area contributed by atoms with E-state index in [4.69, 9.17) is 9.97 Å². The second-order valence-electron chi connectivity index (χ2n) is 10.4. The van der Waals surface area contributed by atoms with Crippen molar-refractivity contribution in [3.8, 4) is 22.4 Å². The molecule has 0 N–H and O–H groups in total. The third kappa shape index (κ3) is 3.28. The monoisotopic (exact) mass is 539 g/mol. The number of fused-ring (bicyclic) bond motifs is 10. The molecule has 0 spiro atoms. The SMILES string of the molecule is c1ccc(-c2nc3ccccc3c3c2ccc2c3sc3cccc(-c4cc5cccnc5c5ncccc45)c32)cc1. The van der Waals surface area contributed by atoms with E-state index in [-0.39, 0.29) is 0 Å². The predicted octanol–water partition coefficient (Wildman–Crippen LogP) is 10.2. The van der Waals surface area contributed by atoms with Gasteiger partial charge in [0.05, 0.1) is 22.2 Å². The maximum atomic E-state index is 5.15. The van der Waals surface area contributed by atoms with Gasteiger partial charge in [0.15, 0.2) is 0 Å². The molecule has 9 aromatic rings. The minimum atomic E-state index is 0.937. The van der Waals surface area contributed by atoms with E-state index in [0.717, 1.165) is 38.6 Å². The van der Waals surface area contributed by atoms with Crippen LogP contribution in [0.1, 0.15) is 0 Å². The van der Waals surface area contributed by atoms with Crippen LogP contribution in [0.5, 0.6) is 0 Å². The highest BCUT2D eigenvalue weighted by atomic mass is 32.1. The summed E-state index contributed by atoms with van der Waals surface area (Å²) >= 11 is 1.87. The molecule has 0 saturated heterocycles.